The van der Waals surface area contributed by atoms with Gasteiger partial charge in [-0.1, -0.05) is 18.2 Å². The van der Waals surface area contributed by atoms with Crippen molar-refractivity contribution >= 4 is 5.91 Å². The third kappa shape index (κ3) is 3.37. The van der Waals surface area contributed by atoms with Crippen LogP contribution in [0.15, 0.2) is 42.5 Å². The summed E-state index contributed by atoms with van der Waals surface area (Å²) in [4.78, 5) is 14.7. The van der Waals surface area contributed by atoms with Crippen LogP contribution in [-0.2, 0) is 19.6 Å². The second-order valence-corrected chi connectivity index (χ2v) is 5.75. The molecule has 1 aliphatic rings. The number of hydrogen-bond donors (Lipinski definition) is 1. The van der Waals surface area contributed by atoms with Crippen LogP contribution < -0.4 is 10.1 Å². The van der Waals surface area contributed by atoms with E-state index in [1.807, 2.05) is 48.2 Å². The molecule has 23 heavy (non-hydrogen) atoms. The summed E-state index contributed by atoms with van der Waals surface area (Å²) in [5, 5.41) is 3.31. The molecular weight excluding hydrogens is 288 g/mol. The van der Waals surface area contributed by atoms with Gasteiger partial charge in [0.1, 0.15) is 5.75 Å². The van der Waals surface area contributed by atoms with E-state index in [2.05, 4.69) is 11.4 Å². The highest BCUT2D eigenvalue weighted by Gasteiger charge is 2.18. The molecule has 0 saturated carbocycles. The summed E-state index contributed by atoms with van der Waals surface area (Å²) in [6.45, 7) is 5.04. The molecule has 0 radical (unpaired) electrons. The van der Waals surface area contributed by atoms with Gasteiger partial charge < -0.3 is 15.0 Å². The number of hydrogen-bond acceptors (Lipinski definition) is 3. The lowest BCUT2D eigenvalue weighted by molar-refractivity contribution is 0.0752. The Balaban J connectivity index is 1.75. The van der Waals surface area contributed by atoms with Crippen LogP contribution in [-0.4, -0.2) is 24.5 Å². The largest absolute Gasteiger partial charge is 0.497 e. The van der Waals surface area contributed by atoms with E-state index in [1.165, 1.54) is 11.1 Å². The van der Waals surface area contributed by atoms with Gasteiger partial charge in [0, 0.05) is 31.7 Å². The second kappa shape index (κ2) is 6.84. The molecule has 0 saturated heterocycles. The Labute approximate surface area is 137 Å². The Bertz CT molecular complexity index is 695. The van der Waals surface area contributed by atoms with Crippen molar-refractivity contribution in [1.29, 1.82) is 0 Å². The van der Waals surface area contributed by atoms with Gasteiger partial charge >= 0.3 is 0 Å². The smallest absolute Gasteiger partial charge is 0.254 e. The zero-order valence-corrected chi connectivity index (χ0v) is 13.6. The first-order chi connectivity index (χ1) is 11.2. The number of ether oxygens (including phenoxy) is 1. The molecule has 120 valence electrons. The van der Waals surface area contributed by atoms with Gasteiger partial charge in [-0.15, -0.1) is 0 Å². The van der Waals surface area contributed by atoms with Gasteiger partial charge in [-0.05, 0) is 47.9 Å². The average molecular weight is 310 g/mol. The summed E-state index contributed by atoms with van der Waals surface area (Å²) in [6.07, 6.45) is 0. The van der Waals surface area contributed by atoms with Crippen LogP contribution >= 0.6 is 0 Å². The van der Waals surface area contributed by atoms with Gasteiger partial charge in [0.2, 0.25) is 0 Å². The average Bonchev–Trinajstić information content (AvgIpc) is 3.07. The van der Waals surface area contributed by atoms with Crippen molar-refractivity contribution in [2.45, 2.75) is 26.6 Å². The monoisotopic (exact) mass is 310 g/mol. The molecule has 0 aliphatic carbocycles. The Hall–Kier alpha value is -2.33. The highest BCUT2D eigenvalue weighted by molar-refractivity contribution is 5.94. The highest BCUT2D eigenvalue weighted by atomic mass is 16.5. The lowest BCUT2D eigenvalue weighted by Crippen LogP contribution is -2.30. The zero-order valence-electron chi connectivity index (χ0n) is 13.6. The van der Waals surface area contributed by atoms with Crippen molar-refractivity contribution < 1.29 is 9.53 Å². The Morgan fingerprint density at radius 3 is 2.57 bits per heavy atom. The third-order valence-electron chi connectivity index (χ3n) is 4.29. The van der Waals surface area contributed by atoms with Gasteiger partial charge in [-0.25, -0.2) is 0 Å². The third-order valence-corrected chi connectivity index (χ3v) is 4.29. The van der Waals surface area contributed by atoms with E-state index in [1.54, 1.807) is 7.11 Å². The summed E-state index contributed by atoms with van der Waals surface area (Å²) < 4.78 is 5.17. The van der Waals surface area contributed by atoms with Crippen LogP contribution in [0.3, 0.4) is 0 Å². The first kappa shape index (κ1) is 15.6. The van der Waals surface area contributed by atoms with E-state index in [4.69, 9.17) is 4.74 Å². The molecule has 4 heteroatoms. The number of nitrogens with zero attached hydrogens (tertiary/aromatic N) is 1. The first-order valence-corrected chi connectivity index (χ1v) is 7.96. The van der Waals surface area contributed by atoms with Crippen LogP contribution in [0, 0.1) is 0 Å². The van der Waals surface area contributed by atoms with Crippen molar-refractivity contribution in [3.63, 3.8) is 0 Å². The maximum atomic E-state index is 12.8. The number of rotatable bonds is 5. The van der Waals surface area contributed by atoms with E-state index < -0.39 is 0 Å². The van der Waals surface area contributed by atoms with Crippen molar-refractivity contribution in [3.05, 3.63) is 64.7 Å². The van der Waals surface area contributed by atoms with Crippen molar-refractivity contribution in [2.24, 2.45) is 0 Å². The molecule has 1 aliphatic heterocycles. The number of fused-ring (bicyclic) bond motifs is 1. The summed E-state index contributed by atoms with van der Waals surface area (Å²) >= 11 is 0. The fourth-order valence-electron chi connectivity index (χ4n) is 2.89. The quantitative estimate of drug-likeness (QED) is 0.923. The lowest BCUT2D eigenvalue weighted by Gasteiger charge is -2.21. The number of methoxy groups -OCH3 is 1. The topological polar surface area (TPSA) is 41.6 Å². The molecule has 2 aromatic carbocycles. The number of carbonyl (C=O) groups excluding carboxylic acids is 1. The molecule has 3 rings (SSSR count). The van der Waals surface area contributed by atoms with Gasteiger partial charge in [-0.2, -0.15) is 0 Å². The number of benzene rings is 2. The molecule has 0 fully saturated rings. The SMILES string of the molecule is CCN(Cc1ccc(OC)cc1)C(=O)c1ccc2c(c1)CNC2. The normalized spacial score (nSPS) is 12.8. The van der Waals surface area contributed by atoms with Crippen LogP contribution in [0.25, 0.3) is 0 Å². The molecule has 1 amide bonds. The fraction of sp³-hybridized carbons (Fsp3) is 0.316. The summed E-state index contributed by atoms with van der Waals surface area (Å²) in [7, 11) is 1.65. The maximum absolute atomic E-state index is 12.8. The molecule has 0 atom stereocenters. The van der Waals surface area contributed by atoms with Crippen LogP contribution in [0.4, 0.5) is 0 Å². The first-order valence-electron chi connectivity index (χ1n) is 7.96. The van der Waals surface area contributed by atoms with Gasteiger partial charge in [0.15, 0.2) is 0 Å². The summed E-state index contributed by atoms with van der Waals surface area (Å²) in [5.41, 5.74) is 4.39. The highest BCUT2D eigenvalue weighted by Crippen LogP contribution is 2.19. The standard InChI is InChI=1S/C19H22N2O2/c1-3-21(13-14-4-8-18(23-2)9-5-14)19(22)15-6-7-16-11-20-12-17(16)10-15/h4-10,20H,3,11-13H2,1-2H3. The minimum atomic E-state index is 0.0815. The van der Waals surface area contributed by atoms with Crippen molar-refractivity contribution in [1.82, 2.24) is 10.2 Å². The fourth-order valence-corrected chi connectivity index (χ4v) is 2.89. The molecule has 0 bridgehead atoms. The molecular formula is C19H22N2O2. The summed E-state index contributed by atoms with van der Waals surface area (Å²) in [5.74, 6) is 0.910. The number of carbonyl (C=O) groups is 1. The van der Waals surface area contributed by atoms with E-state index in [0.717, 1.165) is 30.0 Å². The summed E-state index contributed by atoms with van der Waals surface area (Å²) in [6, 6.07) is 13.9. The molecule has 1 heterocycles. The minimum absolute atomic E-state index is 0.0815. The molecule has 4 nitrogen and oxygen atoms in total. The Kier molecular flexibility index (Phi) is 4.63. The van der Waals surface area contributed by atoms with Crippen LogP contribution in [0.2, 0.25) is 0 Å². The predicted octanol–water partition coefficient (Wildman–Crippen LogP) is 2.96. The minimum Gasteiger partial charge on any atom is -0.497 e. The number of nitrogens with one attached hydrogen (secondary N) is 1. The van der Waals surface area contributed by atoms with Crippen molar-refractivity contribution in [3.8, 4) is 5.75 Å². The van der Waals surface area contributed by atoms with Crippen LogP contribution in [0.5, 0.6) is 5.75 Å². The van der Waals surface area contributed by atoms with Crippen molar-refractivity contribution in [2.75, 3.05) is 13.7 Å². The molecule has 0 aromatic heterocycles. The second-order valence-electron chi connectivity index (χ2n) is 5.75. The molecule has 2 aromatic rings. The molecule has 1 N–H and O–H groups in total. The van der Waals surface area contributed by atoms with E-state index in [-0.39, 0.29) is 5.91 Å². The predicted molar refractivity (Wildman–Crippen MR) is 90.4 cm³/mol. The maximum Gasteiger partial charge on any atom is 0.254 e. The van der Waals surface area contributed by atoms with Gasteiger partial charge in [0.25, 0.3) is 5.91 Å². The Morgan fingerprint density at radius 2 is 1.87 bits per heavy atom. The Morgan fingerprint density at radius 1 is 1.13 bits per heavy atom. The van der Waals surface area contributed by atoms with E-state index >= 15 is 0 Å². The zero-order chi connectivity index (χ0) is 16.2. The number of amides is 1. The van der Waals surface area contributed by atoms with Gasteiger partial charge in [-0.3, -0.25) is 4.79 Å². The van der Waals surface area contributed by atoms with E-state index in [9.17, 15) is 4.79 Å². The van der Waals surface area contributed by atoms with Crippen LogP contribution in [0.1, 0.15) is 34.0 Å². The molecule has 0 unspecified atom stereocenters. The van der Waals surface area contributed by atoms with Gasteiger partial charge in [0.05, 0.1) is 7.11 Å². The van der Waals surface area contributed by atoms with E-state index in [0.29, 0.717) is 13.1 Å². The lowest BCUT2D eigenvalue weighted by atomic mass is 10.1. The molecule has 0 spiro atoms.